The van der Waals surface area contributed by atoms with Crippen LogP contribution >= 0.6 is 11.8 Å². The fourth-order valence-corrected chi connectivity index (χ4v) is 0.909. The van der Waals surface area contributed by atoms with Crippen LogP contribution in [-0.4, -0.2) is 22.9 Å². The third-order valence-corrected chi connectivity index (χ3v) is 1.71. The molecule has 15 heavy (non-hydrogen) atoms. The topological polar surface area (TPSA) is 0 Å². The number of halogens is 10. The van der Waals surface area contributed by atoms with Crippen LogP contribution < -0.4 is 0 Å². The molecule has 0 aliphatic rings. The molecule has 0 N–H and O–H groups in total. The van der Waals surface area contributed by atoms with Crippen LogP contribution in [0.15, 0.2) is 0 Å². The molecule has 0 unspecified atom stereocenters. The van der Waals surface area contributed by atoms with Gasteiger partial charge in [0, 0.05) is 11.8 Å². The number of hydrogen-bond acceptors (Lipinski definition) is 1. The van der Waals surface area contributed by atoms with Crippen LogP contribution in [0.5, 0.6) is 0 Å². The Kier molecular flexibility index (Phi) is 3.51. The molecule has 0 aromatic rings. The van der Waals surface area contributed by atoms with E-state index in [1.165, 1.54) is 0 Å². The molecule has 0 rings (SSSR count). The Labute approximate surface area is 79.6 Å². The van der Waals surface area contributed by atoms with Gasteiger partial charge >= 0.3 is 22.9 Å². The van der Waals surface area contributed by atoms with Gasteiger partial charge in [-0.05, 0) is 0 Å². The summed E-state index contributed by atoms with van der Waals surface area (Å²) in [5.74, 6) is -6.75. The maximum Gasteiger partial charge on any atom is 0.460 e. The van der Waals surface area contributed by atoms with E-state index in [2.05, 4.69) is 0 Å². The van der Waals surface area contributed by atoms with Crippen LogP contribution in [0.4, 0.5) is 43.9 Å². The normalized spacial score (nSPS) is 15.6. The van der Waals surface area contributed by atoms with Crippen LogP contribution in [0.2, 0.25) is 0 Å². The molecule has 0 nitrogen and oxygen atoms in total. The summed E-state index contributed by atoms with van der Waals surface area (Å²) in [4.78, 5) is 0. The minimum atomic E-state index is -6.76. The van der Waals surface area contributed by atoms with Gasteiger partial charge in [-0.25, -0.2) is 0 Å². The van der Waals surface area contributed by atoms with Gasteiger partial charge in [-0.3, -0.25) is 0 Å². The SMILES string of the molecule is FC(F)(F)SC(F)(F)C(F)(F)C(F)(F)F. The van der Waals surface area contributed by atoms with Crippen molar-refractivity contribution in [3.63, 3.8) is 0 Å². The lowest BCUT2D eigenvalue weighted by atomic mass is 10.3. The van der Waals surface area contributed by atoms with Gasteiger partial charge in [0.15, 0.2) is 0 Å². The first kappa shape index (κ1) is 14.6. The minimum absolute atomic E-state index is 2.71. The Hall–Kier alpha value is -0.350. The number of rotatable bonds is 2. The molecule has 0 aromatic heterocycles. The molecule has 0 spiro atoms. The average Bonchev–Trinajstić information content (AvgIpc) is 1.77. The van der Waals surface area contributed by atoms with Crippen LogP contribution in [0.3, 0.4) is 0 Å². The highest BCUT2D eigenvalue weighted by molar-refractivity contribution is 8.01. The predicted molar refractivity (Wildman–Crippen MR) is 29.6 cm³/mol. The molecular formula is C4F10S. The van der Waals surface area contributed by atoms with Crippen LogP contribution in [0.1, 0.15) is 0 Å². The quantitative estimate of drug-likeness (QED) is 0.682. The van der Waals surface area contributed by atoms with E-state index in [0.29, 0.717) is 0 Å². The van der Waals surface area contributed by atoms with Gasteiger partial charge in [-0.2, -0.15) is 43.9 Å². The Bertz CT molecular complexity index is 223. The molecule has 0 atom stereocenters. The van der Waals surface area contributed by atoms with Gasteiger partial charge in [0.1, 0.15) is 0 Å². The number of hydrogen-bond donors (Lipinski definition) is 0. The monoisotopic (exact) mass is 270 g/mol. The first-order valence-corrected chi connectivity index (χ1v) is 3.61. The van der Waals surface area contributed by atoms with Crippen molar-refractivity contribution in [1.82, 2.24) is 0 Å². The van der Waals surface area contributed by atoms with Gasteiger partial charge < -0.3 is 0 Å². The number of thioether (sulfide) groups is 1. The predicted octanol–water partition coefficient (Wildman–Crippen LogP) is 4.03. The second-order valence-corrected chi connectivity index (χ2v) is 3.32. The lowest BCUT2D eigenvalue weighted by Crippen LogP contribution is -2.51. The lowest BCUT2D eigenvalue weighted by molar-refractivity contribution is -0.331. The highest BCUT2D eigenvalue weighted by atomic mass is 32.2. The summed E-state index contributed by atoms with van der Waals surface area (Å²) in [6.45, 7) is 0. The zero-order chi connectivity index (χ0) is 12.7. The van der Waals surface area contributed by atoms with Gasteiger partial charge in [-0.15, -0.1) is 0 Å². The lowest BCUT2D eigenvalue weighted by Gasteiger charge is -2.27. The standard InChI is InChI=1S/C4F10S/c5-1(6,2(7,8)9)3(10,11)15-4(12,13)14. The molecule has 0 amide bonds. The van der Waals surface area contributed by atoms with E-state index in [9.17, 15) is 43.9 Å². The Morgan fingerprint density at radius 1 is 0.600 bits per heavy atom. The van der Waals surface area contributed by atoms with Crippen LogP contribution in [0.25, 0.3) is 0 Å². The van der Waals surface area contributed by atoms with E-state index in [-0.39, 0.29) is 0 Å². The largest absolute Gasteiger partial charge is 0.460 e. The highest BCUT2D eigenvalue weighted by Crippen LogP contribution is 2.55. The fourth-order valence-electron chi connectivity index (χ4n) is 0.374. The minimum Gasteiger partial charge on any atom is -0.188 e. The molecule has 0 heterocycles. The smallest absolute Gasteiger partial charge is 0.188 e. The molecule has 92 valence electrons. The van der Waals surface area contributed by atoms with E-state index in [0.717, 1.165) is 0 Å². The van der Waals surface area contributed by atoms with E-state index in [4.69, 9.17) is 0 Å². The Morgan fingerprint density at radius 3 is 1.13 bits per heavy atom. The summed E-state index contributed by atoms with van der Waals surface area (Å²) in [7, 11) is 0. The first-order chi connectivity index (χ1) is 6.21. The third-order valence-electron chi connectivity index (χ3n) is 0.965. The van der Waals surface area contributed by atoms with E-state index < -0.39 is 34.6 Å². The molecular weight excluding hydrogens is 270 g/mol. The fraction of sp³-hybridized carbons (Fsp3) is 1.00. The second-order valence-electron chi connectivity index (χ2n) is 2.14. The molecule has 0 aliphatic carbocycles. The Morgan fingerprint density at radius 2 is 0.933 bits per heavy atom. The zero-order valence-electron chi connectivity index (χ0n) is 6.19. The molecule has 0 bridgehead atoms. The molecule has 0 radical (unpaired) electrons. The van der Waals surface area contributed by atoms with Crippen molar-refractivity contribution in [2.24, 2.45) is 0 Å². The van der Waals surface area contributed by atoms with E-state index in [1.54, 1.807) is 0 Å². The van der Waals surface area contributed by atoms with Crippen molar-refractivity contribution in [3.8, 4) is 0 Å². The maximum atomic E-state index is 12.0. The summed E-state index contributed by atoms with van der Waals surface area (Å²) < 4.78 is 115. The number of alkyl halides is 10. The molecule has 11 heteroatoms. The van der Waals surface area contributed by atoms with Crippen molar-refractivity contribution in [2.45, 2.75) is 22.9 Å². The molecule has 0 saturated carbocycles. The summed E-state index contributed by atoms with van der Waals surface area (Å²) in [5, 5.41) is -6.30. The van der Waals surface area contributed by atoms with Crippen LogP contribution in [0, 0.1) is 0 Å². The van der Waals surface area contributed by atoms with Crippen LogP contribution in [-0.2, 0) is 0 Å². The molecule has 0 aliphatic heterocycles. The van der Waals surface area contributed by atoms with Crippen molar-refractivity contribution in [3.05, 3.63) is 0 Å². The van der Waals surface area contributed by atoms with Gasteiger partial charge in [0.05, 0.1) is 0 Å². The third kappa shape index (κ3) is 3.31. The summed E-state index contributed by atoms with van der Waals surface area (Å²) in [6, 6.07) is 0. The van der Waals surface area contributed by atoms with E-state index >= 15 is 0 Å². The molecule has 0 aromatic carbocycles. The summed E-state index contributed by atoms with van der Waals surface area (Å²) in [5.41, 5.74) is -5.90. The van der Waals surface area contributed by atoms with E-state index in [1.807, 2.05) is 0 Å². The van der Waals surface area contributed by atoms with Gasteiger partial charge in [0.2, 0.25) is 0 Å². The maximum absolute atomic E-state index is 12.0. The summed E-state index contributed by atoms with van der Waals surface area (Å²) in [6.07, 6.45) is -6.76. The molecule has 0 fully saturated rings. The Balaban J connectivity index is 5.03. The zero-order valence-corrected chi connectivity index (χ0v) is 7.00. The summed E-state index contributed by atoms with van der Waals surface area (Å²) >= 11 is -2.71. The average molecular weight is 270 g/mol. The van der Waals surface area contributed by atoms with Crippen molar-refractivity contribution in [2.75, 3.05) is 0 Å². The van der Waals surface area contributed by atoms with Crippen molar-refractivity contribution in [1.29, 1.82) is 0 Å². The van der Waals surface area contributed by atoms with Crippen molar-refractivity contribution >= 4 is 11.8 Å². The van der Waals surface area contributed by atoms with Gasteiger partial charge in [-0.1, -0.05) is 0 Å². The second kappa shape index (κ2) is 3.59. The highest BCUT2D eigenvalue weighted by Gasteiger charge is 2.75. The first-order valence-electron chi connectivity index (χ1n) is 2.80. The van der Waals surface area contributed by atoms with Gasteiger partial charge in [0.25, 0.3) is 0 Å². The molecule has 0 saturated heterocycles. The van der Waals surface area contributed by atoms with Crippen molar-refractivity contribution < 1.29 is 43.9 Å².